The molecule has 0 bridgehead atoms. The molecule has 3 rings (SSSR count). The molecule has 0 spiro atoms. The van der Waals surface area contributed by atoms with Gasteiger partial charge in [-0.25, -0.2) is 4.79 Å². The van der Waals surface area contributed by atoms with E-state index >= 15 is 0 Å². The van der Waals surface area contributed by atoms with E-state index in [1.165, 1.54) is 18.4 Å². The van der Waals surface area contributed by atoms with Crippen molar-refractivity contribution in [1.82, 2.24) is 0 Å². The van der Waals surface area contributed by atoms with E-state index in [-0.39, 0.29) is 11.3 Å². The molecule has 30 heavy (non-hydrogen) atoms. The zero-order chi connectivity index (χ0) is 22.1. The van der Waals surface area contributed by atoms with Gasteiger partial charge in [0.15, 0.2) is 0 Å². The van der Waals surface area contributed by atoms with Gasteiger partial charge in [0, 0.05) is 4.88 Å². The largest absolute Gasteiger partial charge is 0.481 e. The molecule has 1 aromatic heterocycles. The van der Waals surface area contributed by atoms with Gasteiger partial charge in [-0.3, -0.25) is 9.59 Å². The number of thiophene rings is 1. The van der Waals surface area contributed by atoms with Gasteiger partial charge in [0.1, 0.15) is 5.00 Å². The maximum absolute atomic E-state index is 13.0. The Kier molecular flexibility index (Phi) is 6.70. The first-order chi connectivity index (χ1) is 14.2. The predicted molar refractivity (Wildman–Crippen MR) is 117 cm³/mol. The number of aliphatic carboxylic acids is 1. The number of anilines is 1. The highest BCUT2D eigenvalue weighted by molar-refractivity contribution is 7.17. The summed E-state index contributed by atoms with van der Waals surface area (Å²) in [5.41, 5.74) is 1.63. The van der Waals surface area contributed by atoms with Crippen molar-refractivity contribution in [3.05, 3.63) is 28.2 Å². The van der Waals surface area contributed by atoms with Gasteiger partial charge in [0.05, 0.1) is 24.5 Å². The first-order valence-electron chi connectivity index (χ1n) is 10.6. The van der Waals surface area contributed by atoms with Crippen LogP contribution in [0.1, 0.15) is 67.3 Å². The number of methoxy groups -OCH3 is 1. The highest BCUT2D eigenvalue weighted by Gasteiger charge is 2.38. The van der Waals surface area contributed by atoms with Crippen LogP contribution in [-0.4, -0.2) is 30.1 Å². The minimum absolute atomic E-state index is 0.208. The van der Waals surface area contributed by atoms with E-state index < -0.39 is 23.8 Å². The third kappa shape index (κ3) is 4.31. The number of nitrogens with one attached hydrogen (secondary N) is 1. The molecular formula is C23H31NO5S. The van der Waals surface area contributed by atoms with Crippen LogP contribution in [0.4, 0.5) is 5.00 Å². The second-order valence-corrected chi connectivity index (χ2v) is 10.1. The van der Waals surface area contributed by atoms with Crippen molar-refractivity contribution in [2.75, 3.05) is 12.4 Å². The van der Waals surface area contributed by atoms with Gasteiger partial charge in [-0.1, -0.05) is 39.3 Å². The van der Waals surface area contributed by atoms with Crippen molar-refractivity contribution in [3.63, 3.8) is 0 Å². The Morgan fingerprint density at radius 3 is 2.50 bits per heavy atom. The lowest BCUT2D eigenvalue weighted by Gasteiger charge is -2.36. The summed E-state index contributed by atoms with van der Waals surface area (Å²) in [6.07, 6.45) is 8.12. The molecule has 0 saturated heterocycles. The molecule has 7 heteroatoms. The minimum atomic E-state index is -0.970. The molecule has 3 atom stereocenters. The van der Waals surface area contributed by atoms with Gasteiger partial charge in [-0.15, -0.1) is 11.3 Å². The lowest BCUT2D eigenvalue weighted by molar-refractivity contribution is -0.146. The molecule has 2 aliphatic rings. The van der Waals surface area contributed by atoms with Gasteiger partial charge in [0.2, 0.25) is 5.91 Å². The van der Waals surface area contributed by atoms with E-state index in [1.807, 2.05) is 12.2 Å². The van der Waals surface area contributed by atoms with Gasteiger partial charge in [-0.05, 0) is 49.0 Å². The van der Waals surface area contributed by atoms with Gasteiger partial charge < -0.3 is 15.2 Å². The average Bonchev–Trinajstić information content (AvgIpc) is 3.09. The Hall–Kier alpha value is -2.15. The SMILES string of the molecule is CCC(C)(C)C1CCc2c(sc(NC(=O)C3CC=CCC3C(=O)O)c2C(=O)OC)C1. The topological polar surface area (TPSA) is 92.7 Å². The Morgan fingerprint density at radius 2 is 1.90 bits per heavy atom. The number of hydrogen-bond donors (Lipinski definition) is 2. The Labute approximate surface area is 181 Å². The predicted octanol–water partition coefficient (Wildman–Crippen LogP) is 4.68. The summed E-state index contributed by atoms with van der Waals surface area (Å²) >= 11 is 1.44. The molecule has 1 aromatic rings. The lowest BCUT2D eigenvalue weighted by atomic mass is 9.69. The molecule has 0 aliphatic heterocycles. The monoisotopic (exact) mass is 433 g/mol. The smallest absolute Gasteiger partial charge is 0.341 e. The van der Waals surface area contributed by atoms with E-state index in [2.05, 4.69) is 26.1 Å². The van der Waals surface area contributed by atoms with Crippen LogP contribution in [0.15, 0.2) is 12.2 Å². The Morgan fingerprint density at radius 1 is 1.23 bits per heavy atom. The summed E-state index contributed by atoms with van der Waals surface area (Å²) in [6, 6.07) is 0. The maximum Gasteiger partial charge on any atom is 0.341 e. The lowest BCUT2D eigenvalue weighted by Crippen LogP contribution is -2.34. The Bertz CT molecular complexity index is 869. The summed E-state index contributed by atoms with van der Waals surface area (Å²) in [4.78, 5) is 38.2. The first kappa shape index (κ1) is 22.5. The summed E-state index contributed by atoms with van der Waals surface area (Å²) in [5.74, 6) is -2.65. The fourth-order valence-corrected chi connectivity index (χ4v) is 5.85. The molecular weight excluding hydrogens is 402 g/mol. The van der Waals surface area contributed by atoms with Crippen molar-refractivity contribution in [2.45, 2.75) is 59.3 Å². The summed E-state index contributed by atoms with van der Waals surface area (Å²) in [6.45, 7) is 6.76. The fourth-order valence-electron chi connectivity index (χ4n) is 4.53. The molecule has 3 unspecified atom stereocenters. The normalized spacial score (nSPS) is 23.5. The number of ether oxygens (including phenoxy) is 1. The molecule has 164 valence electrons. The highest BCUT2D eigenvalue weighted by Crippen LogP contribution is 2.46. The number of carbonyl (C=O) groups excluding carboxylic acids is 2. The number of hydrogen-bond acceptors (Lipinski definition) is 5. The van der Waals surface area contributed by atoms with Crippen molar-refractivity contribution >= 4 is 34.2 Å². The van der Waals surface area contributed by atoms with E-state index in [4.69, 9.17) is 4.74 Å². The number of rotatable bonds is 6. The van der Waals surface area contributed by atoms with Crippen LogP contribution in [-0.2, 0) is 27.2 Å². The number of allylic oxidation sites excluding steroid dienone is 2. The second kappa shape index (κ2) is 8.92. The number of esters is 1. The van der Waals surface area contributed by atoms with Crippen LogP contribution in [0.25, 0.3) is 0 Å². The molecule has 0 radical (unpaired) electrons. The van der Waals surface area contributed by atoms with Gasteiger partial charge in [0.25, 0.3) is 0 Å². The molecule has 0 fully saturated rings. The van der Waals surface area contributed by atoms with Crippen molar-refractivity contribution in [1.29, 1.82) is 0 Å². The molecule has 2 aliphatic carbocycles. The Balaban J connectivity index is 1.90. The third-order valence-corrected chi connectivity index (χ3v) is 8.16. The van der Waals surface area contributed by atoms with Crippen molar-refractivity contribution in [3.8, 4) is 0 Å². The van der Waals surface area contributed by atoms with E-state index in [0.29, 0.717) is 29.3 Å². The fraction of sp³-hybridized carbons (Fsp3) is 0.609. The minimum Gasteiger partial charge on any atom is -0.481 e. The molecule has 0 aromatic carbocycles. The number of carboxylic acid groups (broad SMARTS) is 1. The van der Waals surface area contributed by atoms with Crippen LogP contribution < -0.4 is 5.32 Å². The molecule has 1 heterocycles. The molecule has 6 nitrogen and oxygen atoms in total. The molecule has 1 amide bonds. The van der Waals surface area contributed by atoms with E-state index in [1.54, 1.807) is 0 Å². The highest BCUT2D eigenvalue weighted by atomic mass is 32.1. The number of fused-ring (bicyclic) bond motifs is 1. The van der Waals surface area contributed by atoms with Crippen LogP contribution in [0.3, 0.4) is 0 Å². The van der Waals surface area contributed by atoms with Crippen molar-refractivity contribution in [2.24, 2.45) is 23.2 Å². The van der Waals surface area contributed by atoms with Gasteiger partial charge in [-0.2, -0.15) is 0 Å². The number of carbonyl (C=O) groups is 3. The van der Waals surface area contributed by atoms with E-state index in [0.717, 1.165) is 36.1 Å². The summed E-state index contributed by atoms with van der Waals surface area (Å²) < 4.78 is 5.01. The third-order valence-electron chi connectivity index (χ3n) is 6.99. The quantitative estimate of drug-likeness (QED) is 0.502. The second-order valence-electron chi connectivity index (χ2n) is 8.96. The first-order valence-corrected chi connectivity index (χ1v) is 11.4. The van der Waals surface area contributed by atoms with Crippen LogP contribution in [0.2, 0.25) is 0 Å². The number of carboxylic acids is 1. The molecule has 0 saturated carbocycles. The average molecular weight is 434 g/mol. The summed E-state index contributed by atoms with van der Waals surface area (Å²) in [5, 5.41) is 12.9. The van der Waals surface area contributed by atoms with Gasteiger partial charge >= 0.3 is 11.9 Å². The summed E-state index contributed by atoms with van der Waals surface area (Å²) in [7, 11) is 1.34. The number of amides is 1. The van der Waals surface area contributed by atoms with Crippen LogP contribution in [0.5, 0.6) is 0 Å². The zero-order valence-corrected chi connectivity index (χ0v) is 18.9. The van der Waals surface area contributed by atoms with Crippen LogP contribution in [0, 0.1) is 23.2 Å². The van der Waals surface area contributed by atoms with Crippen LogP contribution >= 0.6 is 11.3 Å². The van der Waals surface area contributed by atoms with E-state index in [9.17, 15) is 19.5 Å². The standard InChI is InChI=1S/C23H31NO5S/c1-5-23(2,3)13-10-11-16-17(12-13)30-20(18(16)22(28)29-4)24-19(25)14-8-6-7-9-15(14)21(26)27/h6-7,13-15H,5,8-12H2,1-4H3,(H,24,25)(H,26,27). The molecule has 2 N–H and O–H groups in total. The zero-order valence-electron chi connectivity index (χ0n) is 18.1. The maximum atomic E-state index is 13.0. The van der Waals surface area contributed by atoms with Crippen molar-refractivity contribution < 1.29 is 24.2 Å².